The molecule has 0 N–H and O–H groups in total. The number of nitrogens with zero attached hydrogens (tertiary/aromatic N) is 2. The predicted molar refractivity (Wildman–Crippen MR) is 95.2 cm³/mol. The lowest BCUT2D eigenvalue weighted by Gasteiger charge is -2.14. The molecule has 1 atom stereocenters. The minimum Gasteiger partial charge on any atom is -0.461 e. The number of ether oxygens (including phenoxy) is 1. The Hall–Kier alpha value is -3.48. The van der Waals surface area contributed by atoms with Crippen LogP contribution in [0.3, 0.4) is 0 Å². The van der Waals surface area contributed by atoms with Crippen LogP contribution >= 0.6 is 0 Å². The zero-order chi connectivity index (χ0) is 18.8. The Balaban J connectivity index is 1.29. The normalized spacial score (nSPS) is 18.1. The highest BCUT2D eigenvalue weighted by Crippen LogP contribution is 2.22. The summed E-state index contributed by atoms with van der Waals surface area (Å²) in [6.45, 7) is -0.0952. The van der Waals surface area contributed by atoms with Gasteiger partial charge in [0.2, 0.25) is 6.10 Å². The summed E-state index contributed by atoms with van der Waals surface area (Å²) in [7, 11) is 0. The van der Waals surface area contributed by atoms with Gasteiger partial charge in [0.15, 0.2) is 0 Å². The van der Waals surface area contributed by atoms with Crippen molar-refractivity contribution in [2.75, 3.05) is 13.2 Å². The van der Waals surface area contributed by atoms with Crippen LogP contribution < -0.4 is 0 Å². The molecule has 0 aromatic heterocycles. The Kier molecular flexibility index (Phi) is 4.42. The van der Waals surface area contributed by atoms with E-state index in [1.165, 1.54) is 0 Å². The molecular formula is C20H16N2O5. The summed E-state index contributed by atoms with van der Waals surface area (Å²) < 4.78 is 5.18. The van der Waals surface area contributed by atoms with Gasteiger partial charge in [-0.15, -0.1) is 0 Å². The summed E-state index contributed by atoms with van der Waals surface area (Å²) in [5, 5.41) is 3.94. The van der Waals surface area contributed by atoms with Gasteiger partial charge in [-0.25, -0.2) is 4.79 Å². The van der Waals surface area contributed by atoms with Gasteiger partial charge < -0.3 is 9.57 Å². The van der Waals surface area contributed by atoms with E-state index in [1.807, 2.05) is 30.3 Å². The number of carbonyl (C=O) groups excluding carboxylic acids is 3. The van der Waals surface area contributed by atoms with Gasteiger partial charge in [0.1, 0.15) is 6.61 Å². The van der Waals surface area contributed by atoms with Gasteiger partial charge in [-0.3, -0.25) is 14.5 Å². The molecule has 2 aromatic carbocycles. The molecule has 136 valence electrons. The van der Waals surface area contributed by atoms with Crippen molar-refractivity contribution in [1.29, 1.82) is 0 Å². The largest absolute Gasteiger partial charge is 0.461 e. The molecule has 2 aliphatic heterocycles. The first-order valence-corrected chi connectivity index (χ1v) is 8.55. The van der Waals surface area contributed by atoms with Crippen LogP contribution in [0, 0.1) is 0 Å². The maximum Gasteiger partial charge on any atom is 0.350 e. The van der Waals surface area contributed by atoms with E-state index in [2.05, 4.69) is 5.16 Å². The van der Waals surface area contributed by atoms with Crippen molar-refractivity contribution >= 4 is 23.5 Å². The summed E-state index contributed by atoms with van der Waals surface area (Å²) in [6, 6.07) is 16.1. The molecule has 0 fully saturated rings. The molecule has 2 heterocycles. The fourth-order valence-electron chi connectivity index (χ4n) is 3.08. The molecular weight excluding hydrogens is 348 g/mol. The van der Waals surface area contributed by atoms with Gasteiger partial charge in [-0.1, -0.05) is 47.6 Å². The van der Waals surface area contributed by atoms with Crippen LogP contribution in [0.1, 0.15) is 32.7 Å². The first kappa shape index (κ1) is 17.0. The van der Waals surface area contributed by atoms with Crippen LogP contribution in [0.5, 0.6) is 0 Å². The third kappa shape index (κ3) is 3.19. The quantitative estimate of drug-likeness (QED) is 0.599. The molecule has 0 radical (unpaired) electrons. The van der Waals surface area contributed by atoms with E-state index in [-0.39, 0.29) is 25.0 Å². The Morgan fingerprint density at radius 1 is 1.04 bits per heavy atom. The smallest absolute Gasteiger partial charge is 0.350 e. The number of hydrogen-bond donors (Lipinski definition) is 0. The average Bonchev–Trinajstić information content (AvgIpc) is 3.29. The standard InChI is InChI=1S/C20H16N2O5/c23-18-14-8-4-5-9-15(14)19(24)22(18)10-11-26-20(25)17-12-16(21-27-17)13-6-2-1-3-7-13/h1-9,17H,10-12H2/t17-/m0/s1. The Labute approximate surface area is 155 Å². The molecule has 0 aliphatic carbocycles. The molecule has 0 spiro atoms. The van der Waals surface area contributed by atoms with Gasteiger partial charge >= 0.3 is 5.97 Å². The van der Waals surface area contributed by atoms with Gasteiger partial charge in [-0.05, 0) is 17.7 Å². The first-order valence-electron chi connectivity index (χ1n) is 8.55. The molecule has 7 nitrogen and oxygen atoms in total. The van der Waals surface area contributed by atoms with Crippen molar-refractivity contribution in [3.05, 3.63) is 71.3 Å². The molecule has 27 heavy (non-hydrogen) atoms. The van der Waals surface area contributed by atoms with Crippen LogP contribution in [0.25, 0.3) is 0 Å². The second kappa shape index (κ2) is 7.03. The first-order chi connectivity index (χ1) is 13.1. The summed E-state index contributed by atoms with van der Waals surface area (Å²) >= 11 is 0. The lowest BCUT2D eigenvalue weighted by Crippen LogP contribution is -2.34. The molecule has 2 amide bonds. The van der Waals surface area contributed by atoms with Gasteiger partial charge in [0, 0.05) is 6.42 Å². The fraction of sp³-hybridized carbons (Fsp3) is 0.200. The minimum absolute atomic E-state index is 0.00277. The minimum atomic E-state index is -0.817. The summed E-state index contributed by atoms with van der Waals surface area (Å²) in [6.07, 6.45) is -0.502. The van der Waals surface area contributed by atoms with Gasteiger partial charge in [0.05, 0.1) is 23.4 Å². The number of amides is 2. The number of fused-ring (bicyclic) bond motifs is 1. The van der Waals surface area contributed by atoms with Crippen LogP contribution in [0.4, 0.5) is 0 Å². The number of carbonyl (C=O) groups is 3. The summed E-state index contributed by atoms with van der Waals surface area (Å²) in [5.74, 6) is -1.32. The average molecular weight is 364 g/mol. The number of benzene rings is 2. The molecule has 0 saturated heterocycles. The number of rotatable bonds is 5. The van der Waals surface area contributed by atoms with Crippen LogP contribution in [-0.4, -0.2) is 47.7 Å². The van der Waals surface area contributed by atoms with Crippen molar-refractivity contribution < 1.29 is 24.0 Å². The molecule has 0 bridgehead atoms. The maximum atomic E-state index is 12.3. The highest BCUT2D eigenvalue weighted by molar-refractivity contribution is 6.21. The van der Waals surface area contributed by atoms with E-state index >= 15 is 0 Å². The zero-order valence-corrected chi connectivity index (χ0v) is 14.3. The fourth-order valence-corrected chi connectivity index (χ4v) is 3.08. The Bertz CT molecular complexity index is 903. The molecule has 0 unspecified atom stereocenters. The summed E-state index contributed by atoms with van der Waals surface area (Å²) in [4.78, 5) is 42.9. The summed E-state index contributed by atoms with van der Waals surface area (Å²) in [5.41, 5.74) is 2.31. The van der Waals surface area contributed by atoms with E-state index in [1.54, 1.807) is 24.3 Å². The third-order valence-electron chi connectivity index (χ3n) is 4.48. The Morgan fingerprint density at radius 3 is 2.33 bits per heavy atom. The monoisotopic (exact) mass is 364 g/mol. The molecule has 2 aliphatic rings. The van der Waals surface area contributed by atoms with Crippen molar-refractivity contribution in [2.45, 2.75) is 12.5 Å². The lowest BCUT2D eigenvalue weighted by atomic mass is 10.1. The lowest BCUT2D eigenvalue weighted by molar-refractivity contribution is -0.155. The number of imide groups is 1. The maximum absolute atomic E-state index is 12.3. The highest BCUT2D eigenvalue weighted by atomic mass is 16.7. The zero-order valence-electron chi connectivity index (χ0n) is 14.3. The molecule has 7 heteroatoms. The van der Waals surface area contributed by atoms with Crippen LogP contribution in [-0.2, 0) is 14.4 Å². The SMILES string of the molecule is O=C(OCCN1C(=O)c2ccccc2C1=O)[C@@H]1CC(c2ccccc2)=NO1. The van der Waals surface area contributed by atoms with Crippen molar-refractivity contribution in [3.8, 4) is 0 Å². The molecule has 4 rings (SSSR count). The highest BCUT2D eigenvalue weighted by Gasteiger charge is 2.35. The number of oxime groups is 1. The molecule has 2 aromatic rings. The third-order valence-corrected chi connectivity index (χ3v) is 4.48. The van der Waals surface area contributed by atoms with E-state index < -0.39 is 12.1 Å². The number of esters is 1. The van der Waals surface area contributed by atoms with E-state index in [0.29, 0.717) is 23.3 Å². The second-order valence-electron chi connectivity index (χ2n) is 6.18. The van der Waals surface area contributed by atoms with Crippen molar-refractivity contribution in [3.63, 3.8) is 0 Å². The van der Waals surface area contributed by atoms with Crippen LogP contribution in [0.2, 0.25) is 0 Å². The molecule has 0 saturated carbocycles. The van der Waals surface area contributed by atoms with Crippen LogP contribution in [0.15, 0.2) is 59.8 Å². The van der Waals surface area contributed by atoms with Crippen molar-refractivity contribution in [1.82, 2.24) is 4.90 Å². The number of hydrogen-bond acceptors (Lipinski definition) is 6. The van der Waals surface area contributed by atoms with E-state index in [0.717, 1.165) is 10.5 Å². The Morgan fingerprint density at radius 2 is 1.67 bits per heavy atom. The topological polar surface area (TPSA) is 85.3 Å². The van der Waals surface area contributed by atoms with E-state index in [4.69, 9.17) is 9.57 Å². The van der Waals surface area contributed by atoms with Gasteiger partial charge in [0.25, 0.3) is 11.8 Å². The van der Waals surface area contributed by atoms with E-state index in [9.17, 15) is 14.4 Å². The van der Waals surface area contributed by atoms with Crippen molar-refractivity contribution in [2.24, 2.45) is 5.16 Å². The predicted octanol–water partition coefficient (Wildman–Crippen LogP) is 2.02. The van der Waals surface area contributed by atoms with Gasteiger partial charge in [-0.2, -0.15) is 0 Å². The second-order valence-corrected chi connectivity index (χ2v) is 6.18.